The first-order chi connectivity index (χ1) is 18.5. The van der Waals surface area contributed by atoms with E-state index in [1.54, 1.807) is 6.92 Å². The quantitative estimate of drug-likeness (QED) is 0.336. The smallest absolute Gasteiger partial charge is 0.329 e. The van der Waals surface area contributed by atoms with Crippen LogP contribution in [-0.2, 0) is 36.9 Å². The highest BCUT2D eigenvalue weighted by molar-refractivity contribution is 5.91. The van der Waals surface area contributed by atoms with Gasteiger partial charge in [0, 0.05) is 6.42 Å². The Kier molecular flexibility index (Phi) is 9.30. The van der Waals surface area contributed by atoms with Gasteiger partial charge in [0.1, 0.15) is 12.6 Å². The van der Waals surface area contributed by atoms with E-state index >= 15 is 0 Å². The summed E-state index contributed by atoms with van der Waals surface area (Å²) in [4.78, 5) is 39.2. The molecule has 0 heterocycles. The second-order valence-corrected chi connectivity index (χ2v) is 9.86. The fourth-order valence-corrected chi connectivity index (χ4v) is 5.06. The van der Waals surface area contributed by atoms with Crippen molar-refractivity contribution in [2.75, 3.05) is 6.61 Å². The summed E-state index contributed by atoms with van der Waals surface area (Å²) in [6, 6.07) is 26.6. The molecule has 1 N–H and O–H groups in total. The maximum absolute atomic E-state index is 13.6. The molecule has 0 radical (unpaired) electrons. The average molecular weight is 514 g/mol. The van der Waals surface area contributed by atoms with E-state index in [-0.39, 0.29) is 37.9 Å². The fourth-order valence-electron chi connectivity index (χ4n) is 5.06. The van der Waals surface area contributed by atoms with Crippen molar-refractivity contribution in [1.29, 1.82) is 0 Å². The van der Waals surface area contributed by atoms with Gasteiger partial charge in [-0.15, -0.1) is 0 Å². The van der Waals surface area contributed by atoms with Gasteiger partial charge < -0.3 is 14.8 Å². The molecule has 6 nitrogen and oxygen atoms in total. The largest absolute Gasteiger partial charge is 0.466 e. The van der Waals surface area contributed by atoms with Crippen LogP contribution in [0.3, 0.4) is 0 Å². The Labute approximate surface area is 224 Å². The number of nitrogens with one attached hydrogen (secondary N) is 1. The highest BCUT2D eigenvalue weighted by Gasteiger charge is 2.44. The van der Waals surface area contributed by atoms with Gasteiger partial charge in [0.2, 0.25) is 5.91 Å². The molecular formula is C32H35NO5. The molecule has 0 aromatic heterocycles. The van der Waals surface area contributed by atoms with Gasteiger partial charge in [-0.3, -0.25) is 9.59 Å². The Morgan fingerprint density at radius 1 is 0.789 bits per heavy atom. The number of carbonyl (C=O) groups is 3. The minimum Gasteiger partial charge on any atom is -0.466 e. The van der Waals surface area contributed by atoms with Crippen LogP contribution < -0.4 is 5.32 Å². The molecule has 1 fully saturated rings. The molecule has 1 atom stereocenters. The molecule has 1 aliphatic rings. The van der Waals surface area contributed by atoms with Crippen LogP contribution in [0.25, 0.3) is 11.1 Å². The second kappa shape index (κ2) is 13.0. The minimum absolute atomic E-state index is 0.0181. The number of ether oxygens (including phenoxy) is 2. The SMILES string of the molecule is CCOC(=O)CC1(C(=O)N[C@@H](Cc2ccc(-c3ccccc3)cc2)C(=O)OCc2ccccc2)CCCC1. The first-order valence-electron chi connectivity index (χ1n) is 13.3. The van der Waals surface area contributed by atoms with Crippen LogP contribution in [-0.4, -0.2) is 30.5 Å². The Morgan fingerprint density at radius 2 is 1.39 bits per heavy atom. The predicted octanol–water partition coefficient (Wildman–Crippen LogP) is 5.64. The van der Waals surface area contributed by atoms with Crippen LogP contribution in [0.2, 0.25) is 0 Å². The number of rotatable bonds is 11. The van der Waals surface area contributed by atoms with Crippen molar-refractivity contribution in [1.82, 2.24) is 5.32 Å². The summed E-state index contributed by atoms with van der Waals surface area (Å²) in [6.45, 7) is 2.14. The zero-order valence-corrected chi connectivity index (χ0v) is 21.9. The zero-order valence-electron chi connectivity index (χ0n) is 21.9. The van der Waals surface area contributed by atoms with E-state index in [9.17, 15) is 14.4 Å². The first-order valence-corrected chi connectivity index (χ1v) is 13.3. The summed E-state index contributed by atoms with van der Waals surface area (Å²) in [6.07, 6.45) is 3.20. The normalized spacial score (nSPS) is 14.9. The van der Waals surface area contributed by atoms with E-state index in [4.69, 9.17) is 9.47 Å². The van der Waals surface area contributed by atoms with Gasteiger partial charge in [0.25, 0.3) is 0 Å². The fraction of sp³-hybridized carbons (Fsp3) is 0.344. The summed E-state index contributed by atoms with van der Waals surface area (Å²) in [5, 5.41) is 2.96. The van der Waals surface area contributed by atoms with Gasteiger partial charge >= 0.3 is 11.9 Å². The molecule has 0 unspecified atom stereocenters. The second-order valence-electron chi connectivity index (χ2n) is 9.86. The van der Waals surface area contributed by atoms with E-state index in [1.165, 1.54) is 0 Å². The van der Waals surface area contributed by atoms with E-state index in [1.807, 2.05) is 84.9 Å². The Hall–Kier alpha value is -3.93. The average Bonchev–Trinajstić information content (AvgIpc) is 3.42. The van der Waals surface area contributed by atoms with Gasteiger partial charge in [-0.25, -0.2) is 4.79 Å². The van der Waals surface area contributed by atoms with Gasteiger partial charge in [0.15, 0.2) is 0 Å². The third kappa shape index (κ3) is 7.09. The van der Waals surface area contributed by atoms with Gasteiger partial charge in [0.05, 0.1) is 18.4 Å². The Morgan fingerprint density at radius 3 is 2.03 bits per heavy atom. The molecule has 3 aromatic carbocycles. The predicted molar refractivity (Wildman–Crippen MR) is 146 cm³/mol. The highest BCUT2D eigenvalue weighted by atomic mass is 16.5. The van der Waals surface area contributed by atoms with Gasteiger partial charge in [-0.1, -0.05) is 97.8 Å². The molecule has 3 aromatic rings. The van der Waals surface area contributed by atoms with Crippen LogP contribution in [0.4, 0.5) is 0 Å². The molecule has 0 spiro atoms. The van der Waals surface area contributed by atoms with Crippen molar-refractivity contribution in [3.63, 3.8) is 0 Å². The lowest BCUT2D eigenvalue weighted by Crippen LogP contribution is -2.50. The van der Waals surface area contributed by atoms with E-state index in [0.717, 1.165) is 35.1 Å². The van der Waals surface area contributed by atoms with Crippen LogP contribution >= 0.6 is 0 Å². The lowest BCUT2D eigenvalue weighted by molar-refractivity contribution is -0.153. The Balaban J connectivity index is 1.51. The van der Waals surface area contributed by atoms with Crippen LogP contribution in [0, 0.1) is 5.41 Å². The van der Waals surface area contributed by atoms with Crippen LogP contribution in [0.15, 0.2) is 84.9 Å². The molecule has 4 rings (SSSR count). The molecule has 38 heavy (non-hydrogen) atoms. The maximum atomic E-state index is 13.6. The Bertz CT molecular complexity index is 1200. The topological polar surface area (TPSA) is 81.7 Å². The van der Waals surface area contributed by atoms with E-state index in [0.29, 0.717) is 12.8 Å². The number of carbonyl (C=O) groups excluding carboxylic acids is 3. The van der Waals surface area contributed by atoms with E-state index in [2.05, 4.69) is 5.32 Å². The molecule has 1 aliphatic carbocycles. The summed E-state index contributed by atoms with van der Waals surface area (Å²) < 4.78 is 10.8. The number of amides is 1. The summed E-state index contributed by atoms with van der Waals surface area (Å²) in [7, 11) is 0. The van der Waals surface area contributed by atoms with Crippen molar-refractivity contribution < 1.29 is 23.9 Å². The summed E-state index contributed by atoms with van der Waals surface area (Å²) in [5.41, 5.74) is 3.08. The molecule has 6 heteroatoms. The minimum atomic E-state index is -0.881. The highest BCUT2D eigenvalue weighted by Crippen LogP contribution is 2.42. The summed E-state index contributed by atoms with van der Waals surface area (Å²) in [5.74, 6) is -1.17. The van der Waals surface area contributed by atoms with Crippen LogP contribution in [0.1, 0.15) is 50.2 Å². The number of hydrogen-bond donors (Lipinski definition) is 1. The van der Waals surface area contributed by atoms with E-state index < -0.39 is 17.4 Å². The van der Waals surface area contributed by atoms with Gasteiger partial charge in [-0.2, -0.15) is 0 Å². The molecule has 1 amide bonds. The van der Waals surface area contributed by atoms with Crippen molar-refractivity contribution in [3.05, 3.63) is 96.1 Å². The molecule has 198 valence electrons. The van der Waals surface area contributed by atoms with Crippen molar-refractivity contribution >= 4 is 17.8 Å². The third-order valence-electron chi connectivity index (χ3n) is 7.15. The lowest BCUT2D eigenvalue weighted by Gasteiger charge is -2.29. The molecule has 0 aliphatic heterocycles. The molecule has 0 saturated heterocycles. The number of hydrogen-bond acceptors (Lipinski definition) is 5. The number of benzene rings is 3. The molecular weight excluding hydrogens is 478 g/mol. The van der Waals surface area contributed by atoms with Crippen molar-refractivity contribution in [2.24, 2.45) is 5.41 Å². The molecule has 1 saturated carbocycles. The molecule has 0 bridgehead atoms. The maximum Gasteiger partial charge on any atom is 0.329 e. The first kappa shape index (κ1) is 27.1. The summed E-state index contributed by atoms with van der Waals surface area (Å²) >= 11 is 0. The monoisotopic (exact) mass is 513 g/mol. The standard InChI is InChI=1S/C32H35NO5/c1-2-37-29(34)22-32(19-9-10-20-32)31(36)33-28(30(35)38-23-25-11-5-3-6-12-25)21-24-15-17-27(18-16-24)26-13-7-4-8-14-26/h3-8,11-18,28H,2,9-10,19-23H2,1H3,(H,33,36)/t28-/m0/s1. The lowest BCUT2D eigenvalue weighted by atomic mass is 9.81. The zero-order chi connectivity index (χ0) is 26.8. The third-order valence-corrected chi connectivity index (χ3v) is 7.15. The van der Waals surface area contributed by atoms with Crippen molar-refractivity contribution in [3.8, 4) is 11.1 Å². The van der Waals surface area contributed by atoms with Crippen LogP contribution in [0.5, 0.6) is 0 Å². The number of esters is 2. The van der Waals surface area contributed by atoms with Crippen molar-refractivity contribution in [2.45, 2.75) is 58.1 Å². The van der Waals surface area contributed by atoms with Gasteiger partial charge in [-0.05, 0) is 42.0 Å².